The summed E-state index contributed by atoms with van der Waals surface area (Å²) in [6.07, 6.45) is 0. The minimum absolute atomic E-state index is 0.428. The normalized spacial score (nSPS) is 16.5. The molecule has 1 aromatic carbocycles. The first kappa shape index (κ1) is 11.4. The van der Waals surface area contributed by atoms with Gasteiger partial charge in [-0.15, -0.1) is 0 Å². The zero-order chi connectivity index (χ0) is 11.7. The Morgan fingerprint density at radius 3 is 2.31 bits per heavy atom. The highest BCUT2D eigenvalue weighted by atomic mass is 16.3. The zero-order valence-electron chi connectivity index (χ0n) is 10.2. The van der Waals surface area contributed by atoms with Gasteiger partial charge >= 0.3 is 0 Å². The maximum atomic E-state index is 9.71. The van der Waals surface area contributed by atoms with Crippen molar-refractivity contribution in [1.82, 2.24) is 10.2 Å². The van der Waals surface area contributed by atoms with Crippen LogP contribution < -0.4 is 5.32 Å². The van der Waals surface area contributed by atoms with E-state index >= 15 is 0 Å². The molecule has 1 aliphatic heterocycles. The summed E-state index contributed by atoms with van der Waals surface area (Å²) in [7, 11) is 2.16. The van der Waals surface area contributed by atoms with Crippen LogP contribution in [0.15, 0.2) is 12.1 Å². The predicted molar refractivity (Wildman–Crippen MR) is 65.7 cm³/mol. The molecule has 0 saturated carbocycles. The lowest BCUT2D eigenvalue weighted by molar-refractivity contribution is 0.173. The van der Waals surface area contributed by atoms with Crippen LogP contribution in [-0.2, 0) is 6.54 Å². The van der Waals surface area contributed by atoms with E-state index in [2.05, 4.69) is 29.4 Å². The van der Waals surface area contributed by atoms with Gasteiger partial charge in [0.25, 0.3) is 0 Å². The van der Waals surface area contributed by atoms with Crippen molar-refractivity contribution in [3.8, 4) is 5.75 Å². The summed E-state index contributed by atoms with van der Waals surface area (Å²) >= 11 is 0. The second-order valence-electron chi connectivity index (χ2n) is 4.81. The molecule has 1 heterocycles. The number of phenolic OH excluding ortho intramolecular Hbond substituents is 1. The van der Waals surface area contributed by atoms with Gasteiger partial charge in [0.15, 0.2) is 0 Å². The van der Waals surface area contributed by atoms with E-state index in [0.29, 0.717) is 11.8 Å². The van der Waals surface area contributed by atoms with Crippen molar-refractivity contribution in [2.75, 3.05) is 20.1 Å². The summed E-state index contributed by atoms with van der Waals surface area (Å²) in [5.41, 5.74) is 3.22. The van der Waals surface area contributed by atoms with Gasteiger partial charge in [0.05, 0.1) is 0 Å². The Hall–Kier alpha value is -1.06. The molecule has 3 heteroatoms. The molecule has 0 spiro atoms. The molecule has 0 aliphatic carbocycles. The molecule has 1 saturated heterocycles. The van der Waals surface area contributed by atoms with Crippen molar-refractivity contribution in [2.24, 2.45) is 0 Å². The highest BCUT2D eigenvalue weighted by Gasteiger charge is 2.21. The van der Waals surface area contributed by atoms with Crippen LogP contribution in [-0.4, -0.2) is 36.2 Å². The van der Waals surface area contributed by atoms with Crippen LogP contribution in [0, 0.1) is 13.8 Å². The topological polar surface area (TPSA) is 35.5 Å². The van der Waals surface area contributed by atoms with Crippen LogP contribution in [0.3, 0.4) is 0 Å². The summed E-state index contributed by atoms with van der Waals surface area (Å²) in [6, 6.07) is 4.81. The Balaban J connectivity index is 2.09. The summed E-state index contributed by atoms with van der Waals surface area (Å²) in [4.78, 5) is 2.36. The van der Waals surface area contributed by atoms with E-state index in [4.69, 9.17) is 0 Å². The SMILES string of the molecule is Cc1cc(CN(C)C2CNC2)cc(C)c1O. The molecule has 0 bridgehead atoms. The van der Waals surface area contributed by atoms with Crippen molar-refractivity contribution in [1.29, 1.82) is 0 Å². The Kier molecular flexibility index (Phi) is 3.17. The quantitative estimate of drug-likeness (QED) is 0.808. The van der Waals surface area contributed by atoms with E-state index in [1.165, 1.54) is 5.56 Å². The first-order valence-corrected chi connectivity index (χ1v) is 5.78. The molecule has 2 rings (SSSR count). The number of nitrogens with one attached hydrogen (secondary N) is 1. The van der Waals surface area contributed by atoms with Gasteiger partial charge in [-0.05, 0) is 37.6 Å². The number of nitrogens with zero attached hydrogens (tertiary/aromatic N) is 1. The lowest BCUT2D eigenvalue weighted by atomic mass is 10.0. The Morgan fingerprint density at radius 2 is 1.88 bits per heavy atom. The number of hydrogen-bond acceptors (Lipinski definition) is 3. The Labute approximate surface area is 97.1 Å². The van der Waals surface area contributed by atoms with Gasteiger partial charge in [0.1, 0.15) is 5.75 Å². The lowest BCUT2D eigenvalue weighted by Crippen LogP contribution is -2.55. The zero-order valence-corrected chi connectivity index (χ0v) is 10.2. The number of phenols is 1. The molecular formula is C13H20N2O. The number of rotatable bonds is 3. The van der Waals surface area contributed by atoms with Crippen molar-refractivity contribution in [3.63, 3.8) is 0 Å². The van der Waals surface area contributed by atoms with Crippen molar-refractivity contribution in [2.45, 2.75) is 26.4 Å². The number of likely N-dealkylation sites (N-methyl/N-ethyl adjacent to an activating group) is 1. The highest BCUT2D eigenvalue weighted by molar-refractivity contribution is 5.42. The van der Waals surface area contributed by atoms with Crippen molar-refractivity contribution in [3.05, 3.63) is 28.8 Å². The Morgan fingerprint density at radius 1 is 1.31 bits per heavy atom. The molecule has 16 heavy (non-hydrogen) atoms. The first-order chi connectivity index (χ1) is 7.58. The molecule has 3 nitrogen and oxygen atoms in total. The van der Waals surface area contributed by atoms with Gasteiger partial charge in [0, 0.05) is 25.7 Å². The van der Waals surface area contributed by atoms with Crippen LogP contribution in [0.4, 0.5) is 0 Å². The molecule has 1 aromatic rings. The van der Waals surface area contributed by atoms with E-state index < -0.39 is 0 Å². The van der Waals surface area contributed by atoms with Crippen LogP contribution in [0.2, 0.25) is 0 Å². The first-order valence-electron chi connectivity index (χ1n) is 5.78. The minimum Gasteiger partial charge on any atom is -0.507 e. The monoisotopic (exact) mass is 220 g/mol. The molecule has 2 N–H and O–H groups in total. The number of aryl methyl sites for hydroxylation is 2. The van der Waals surface area contributed by atoms with E-state index in [1.54, 1.807) is 0 Å². The highest BCUT2D eigenvalue weighted by Crippen LogP contribution is 2.23. The fourth-order valence-electron chi connectivity index (χ4n) is 2.14. The van der Waals surface area contributed by atoms with Crippen LogP contribution in [0.25, 0.3) is 0 Å². The van der Waals surface area contributed by atoms with Crippen molar-refractivity contribution >= 4 is 0 Å². The standard InChI is InChI=1S/C13H20N2O/c1-9-4-11(5-10(2)13(9)16)8-15(3)12-6-14-7-12/h4-5,12,14,16H,6-8H2,1-3H3. The molecule has 0 amide bonds. The molecule has 88 valence electrons. The number of hydrogen-bond donors (Lipinski definition) is 2. The number of aromatic hydroxyl groups is 1. The smallest absolute Gasteiger partial charge is 0.121 e. The summed E-state index contributed by atoms with van der Waals surface area (Å²) < 4.78 is 0. The maximum Gasteiger partial charge on any atom is 0.121 e. The second-order valence-corrected chi connectivity index (χ2v) is 4.81. The van der Waals surface area contributed by atoms with Crippen molar-refractivity contribution < 1.29 is 5.11 Å². The summed E-state index contributed by atoms with van der Waals surface area (Å²) in [5.74, 6) is 0.428. The van der Waals surface area contributed by atoms with E-state index in [1.807, 2.05) is 13.8 Å². The Bertz CT molecular complexity index is 363. The summed E-state index contributed by atoms with van der Waals surface area (Å²) in [6.45, 7) is 7.04. The van der Waals surface area contributed by atoms with Crippen LogP contribution in [0.5, 0.6) is 5.75 Å². The molecule has 0 atom stereocenters. The molecule has 1 aliphatic rings. The van der Waals surface area contributed by atoms with Gasteiger partial charge in [0.2, 0.25) is 0 Å². The molecule has 0 aromatic heterocycles. The average molecular weight is 220 g/mol. The molecular weight excluding hydrogens is 200 g/mol. The third kappa shape index (κ3) is 2.20. The van der Waals surface area contributed by atoms with Gasteiger partial charge in [-0.1, -0.05) is 12.1 Å². The van der Waals surface area contributed by atoms with Gasteiger partial charge in [-0.2, -0.15) is 0 Å². The molecule has 0 unspecified atom stereocenters. The van der Waals surface area contributed by atoms with E-state index in [-0.39, 0.29) is 0 Å². The third-order valence-electron chi connectivity index (χ3n) is 3.37. The fraction of sp³-hybridized carbons (Fsp3) is 0.538. The fourth-order valence-corrected chi connectivity index (χ4v) is 2.14. The second kappa shape index (κ2) is 4.44. The van der Waals surface area contributed by atoms with E-state index in [9.17, 15) is 5.11 Å². The van der Waals surface area contributed by atoms with Crippen LogP contribution in [0.1, 0.15) is 16.7 Å². The summed E-state index contributed by atoms with van der Waals surface area (Å²) in [5, 5.41) is 13.0. The van der Waals surface area contributed by atoms with Gasteiger partial charge in [-0.3, -0.25) is 4.90 Å². The predicted octanol–water partition coefficient (Wildman–Crippen LogP) is 1.41. The molecule has 1 fully saturated rings. The third-order valence-corrected chi connectivity index (χ3v) is 3.37. The lowest BCUT2D eigenvalue weighted by Gasteiger charge is -2.35. The van der Waals surface area contributed by atoms with Crippen LogP contribution >= 0.6 is 0 Å². The van der Waals surface area contributed by atoms with Gasteiger partial charge < -0.3 is 10.4 Å². The average Bonchev–Trinajstić information content (AvgIpc) is 2.10. The van der Waals surface area contributed by atoms with Gasteiger partial charge in [-0.25, -0.2) is 0 Å². The van der Waals surface area contributed by atoms with E-state index in [0.717, 1.165) is 30.8 Å². The maximum absolute atomic E-state index is 9.71. The molecule has 0 radical (unpaired) electrons. The minimum atomic E-state index is 0.428. The largest absolute Gasteiger partial charge is 0.507 e. The number of benzene rings is 1.